The number of carbonyl (C=O) groups is 2. The molecule has 0 atom stereocenters. The van der Waals surface area contributed by atoms with Crippen LogP contribution in [-0.4, -0.2) is 34.6 Å². The Kier molecular flexibility index (Phi) is 7.89. The van der Waals surface area contributed by atoms with Gasteiger partial charge in [0.1, 0.15) is 11.6 Å². The van der Waals surface area contributed by atoms with Crippen molar-refractivity contribution < 1.29 is 36.3 Å². The summed E-state index contributed by atoms with van der Waals surface area (Å²) < 4.78 is 76.7. The highest BCUT2D eigenvalue weighted by Crippen LogP contribution is 2.37. The van der Waals surface area contributed by atoms with Crippen LogP contribution in [0.2, 0.25) is 0 Å². The van der Waals surface area contributed by atoms with Crippen LogP contribution in [0.5, 0.6) is 5.75 Å². The fourth-order valence-corrected chi connectivity index (χ4v) is 4.22. The van der Waals surface area contributed by atoms with Crippen molar-refractivity contribution in [2.75, 3.05) is 18.4 Å². The van der Waals surface area contributed by atoms with Gasteiger partial charge in [-0.3, -0.25) is 4.79 Å². The third-order valence-corrected chi connectivity index (χ3v) is 6.22. The van der Waals surface area contributed by atoms with Gasteiger partial charge < -0.3 is 19.5 Å². The second-order valence-corrected chi connectivity index (χ2v) is 8.56. The summed E-state index contributed by atoms with van der Waals surface area (Å²) >= 11 is 0. The Labute approximate surface area is 220 Å². The minimum absolute atomic E-state index is 0.105. The monoisotopic (exact) mass is 545 g/mol. The molecule has 4 aromatic rings. The lowest BCUT2D eigenvalue weighted by molar-refractivity contribution is -0.138. The summed E-state index contributed by atoms with van der Waals surface area (Å²) in [6.45, 7) is 4.21. The molecule has 0 spiro atoms. The number of rotatable bonds is 7. The van der Waals surface area contributed by atoms with Gasteiger partial charge >= 0.3 is 12.3 Å². The number of fused-ring (bicyclic) bond motifs is 1. The van der Waals surface area contributed by atoms with Gasteiger partial charge in [-0.25, -0.2) is 13.6 Å². The number of halogens is 5. The van der Waals surface area contributed by atoms with Gasteiger partial charge in [-0.1, -0.05) is 24.3 Å². The Morgan fingerprint density at radius 1 is 0.923 bits per heavy atom. The number of carbonyl (C=O) groups excluding carboxylic acids is 2. The Morgan fingerprint density at radius 2 is 1.62 bits per heavy atom. The molecule has 3 aromatic carbocycles. The highest BCUT2D eigenvalue weighted by Gasteiger charge is 2.37. The maximum Gasteiger partial charge on any atom is 0.417 e. The zero-order valence-corrected chi connectivity index (χ0v) is 21.0. The van der Waals surface area contributed by atoms with E-state index >= 15 is 0 Å². The SMILES string of the molecule is CCN(CC)C(=O)Oc1ccc2c(ccn2Cc2ccccc2F)c1NC(=O)c1c(F)cccc1C(F)(F)F. The lowest BCUT2D eigenvalue weighted by atomic mass is 10.0. The third kappa shape index (κ3) is 5.71. The zero-order chi connectivity index (χ0) is 28.3. The van der Waals surface area contributed by atoms with Crippen molar-refractivity contribution in [3.05, 3.63) is 95.2 Å². The summed E-state index contributed by atoms with van der Waals surface area (Å²) in [5.74, 6) is -3.33. The molecule has 0 aliphatic heterocycles. The number of hydrogen-bond acceptors (Lipinski definition) is 3. The molecular weight excluding hydrogens is 521 g/mol. The van der Waals surface area contributed by atoms with Gasteiger partial charge in [0.05, 0.1) is 28.9 Å². The van der Waals surface area contributed by atoms with Crippen molar-refractivity contribution in [3.63, 3.8) is 0 Å². The number of nitrogens with zero attached hydrogens (tertiary/aromatic N) is 2. The van der Waals surface area contributed by atoms with Gasteiger partial charge in [-0.15, -0.1) is 0 Å². The molecular formula is C28H24F5N3O3. The highest BCUT2D eigenvalue weighted by molar-refractivity contribution is 6.11. The molecule has 1 heterocycles. The molecule has 204 valence electrons. The standard InChI is InChI=1S/C28H24F5N3O3/c1-3-35(4-2)27(38)39-23-13-12-22-18(14-15-36(22)16-17-8-5-6-10-20(17)29)25(23)34-26(37)24-19(28(31,32)33)9-7-11-21(24)30/h5-15H,3-4,16H2,1-2H3,(H,34,37). The van der Waals surface area contributed by atoms with Gasteiger partial charge in [0.25, 0.3) is 5.91 Å². The zero-order valence-electron chi connectivity index (χ0n) is 21.0. The van der Waals surface area contributed by atoms with Crippen molar-refractivity contribution in [2.45, 2.75) is 26.6 Å². The Bertz CT molecular complexity index is 1530. The van der Waals surface area contributed by atoms with Gasteiger partial charge in [0, 0.05) is 30.2 Å². The molecule has 6 nitrogen and oxygen atoms in total. The van der Waals surface area contributed by atoms with Crippen molar-refractivity contribution >= 4 is 28.6 Å². The Hall–Kier alpha value is -4.41. The maximum atomic E-state index is 14.5. The average molecular weight is 546 g/mol. The molecule has 4 rings (SSSR count). The Morgan fingerprint density at radius 3 is 2.28 bits per heavy atom. The van der Waals surface area contributed by atoms with Gasteiger partial charge in [-0.05, 0) is 50.2 Å². The first-order valence-corrected chi connectivity index (χ1v) is 12.0. The topological polar surface area (TPSA) is 63.6 Å². The number of hydrogen-bond donors (Lipinski definition) is 1. The van der Waals surface area contributed by atoms with Crippen LogP contribution in [0.15, 0.2) is 66.9 Å². The number of alkyl halides is 3. The fourth-order valence-electron chi connectivity index (χ4n) is 4.22. The molecule has 11 heteroatoms. The highest BCUT2D eigenvalue weighted by atomic mass is 19.4. The first-order valence-electron chi connectivity index (χ1n) is 12.0. The van der Waals surface area contributed by atoms with E-state index in [-0.39, 0.29) is 23.4 Å². The summed E-state index contributed by atoms with van der Waals surface area (Å²) in [6, 6.07) is 12.8. The van der Waals surface area contributed by atoms with Crippen molar-refractivity contribution in [2.24, 2.45) is 0 Å². The number of amides is 2. The first-order chi connectivity index (χ1) is 18.5. The molecule has 0 aliphatic rings. The van der Waals surface area contributed by atoms with E-state index in [2.05, 4.69) is 5.32 Å². The van der Waals surface area contributed by atoms with E-state index in [1.165, 1.54) is 23.1 Å². The molecule has 0 aliphatic carbocycles. The van der Waals surface area contributed by atoms with E-state index in [0.29, 0.717) is 30.2 Å². The quantitative estimate of drug-likeness (QED) is 0.253. The van der Waals surface area contributed by atoms with Crippen molar-refractivity contribution in [1.29, 1.82) is 0 Å². The summed E-state index contributed by atoms with van der Waals surface area (Å²) in [4.78, 5) is 27.2. The second kappa shape index (κ2) is 11.1. The molecule has 0 fully saturated rings. The van der Waals surface area contributed by atoms with Crippen LogP contribution in [0.25, 0.3) is 10.9 Å². The minimum Gasteiger partial charge on any atom is -0.408 e. The smallest absolute Gasteiger partial charge is 0.408 e. The molecule has 1 N–H and O–H groups in total. The van der Waals surface area contributed by atoms with Crippen molar-refractivity contribution in [3.8, 4) is 5.75 Å². The van der Waals surface area contributed by atoms with Gasteiger partial charge in [0.15, 0.2) is 5.75 Å². The van der Waals surface area contributed by atoms with Gasteiger partial charge in [-0.2, -0.15) is 13.2 Å². The summed E-state index contributed by atoms with van der Waals surface area (Å²) in [7, 11) is 0. The minimum atomic E-state index is -5.00. The van der Waals surface area contributed by atoms with Crippen LogP contribution in [0, 0.1) is 11.6 Å². The van der Waals surface area contributed by atoms with Crippen molar-refractivity contribution in [1.82, 2.24) is 9.47 Å². The van der Waals surface area contributed by atoms with Crippen LogP contribution < -0.4 is 10.1 Å². The van der Waals surface area contributed by atoms with E-state index in [1.54, 1.807) is 48.9 Å². The predicted octanol–water partition coefficient (Wildman–Crippen LogP) is 7.08. The molecule has 0 saturated carbocycles. The molecule has 1 aromatic heterocycles. The van der Waals surface area contributed by atoms with Gasteiger partial charge in [0.2, 0.25) is 0 Å². The van der Waals surface area contributed by atoms with E-state index in [9.17, 15) is 31.5 Å². The molecule has 2 amide bonds. The second-order valence-electron chi connectivity index (χ2n) is 8.56. The number of aromatic nitrogens is 1. The Balaban J connectivity index is 1.81. The molecule has 39 heavy (non-hydrogen) atoms. The first kappa shape index (κ1) is 27.6. The number of nitrogens with one attached hydrogen (secondary N) is 1. The van der Waals surface area contributed by atoms with E-state index in [0.717, 1.165) is 12.1 Å². The van der Waals surface area contributed by atoms with E-state index in [4.69, 9.17) is 4.74 Å². The summed E-state index contributed by atoms with van der Waals surface area (Å²) in [5.41, 5.74) is -1.96. The van der Waals surface area contributed by atoms with Crippen LogP contribution in [-0.2, 0) is 12.7 Å². The van der Waals surface area contributed by atoms with E-state index < -0.39 is 40.9 Å². The number of benzene rings is 3. The number of ether oxygens (including phenoxy) is 1. The molecule has 0 saturated heterocycles. The maximum absolute atomic E-state index is 14.5. The summed E-state index contributed by atoms with van der Waals surface area (Å²) in [6.07, 6.45) is -4.16. The molecule has 0 unspecified atom stereocenters. The van der Waals surface area contributed by atoms with Crippen LogP contribution in [0.4, 0.5) is 32.4 Å². The van der Waals surface area contributed by atoms with Crippen LogP contribution in [0.1, 0.15) is 35.3 Å². The normalized spacial score (nSPS) is 11.5. The predicted molar refractivity (Wildman–Crippen MR) is 136 cm³/mol. The average Bonchev–Trinajstić information content (AvgIpc) is 3.29. The fraction of sp³-hybridized carbons (Fsp3) is 0.214. The van der Waals surface area contributed by atoms with Crippen LogP contribution in [0.3, 0.4) is 0 Å². The molecule has 0 radical (unpaired) electrons. The molecule has 0 bridgehead atoms. The van der Waals surface area contributed by atoms with Crippen LogP contribution >= 0.6 is 0 Å². The number of anilines is 1. The summed E-state index contributed by atoms with van der Waals surface area (Å²) in [5, 5.41) is 2.62. The lowest BCUT2D eigenvalue weighted by Crippen LogP contribution is -2.33. The van der Waals surface area contributed by atoms with E-state index in [1.807, 2.05) is 0 Å². The largest absolute Gasteiger partial charge is 0.417 e. The third-order valence-electron chi connectivity index (χ3n) is 6.22. The lowest BCUT2D eigenvalue weighted by Gasteiger charge is -2.20.